The van der Waals surface area contributed by atoms with Crippen LogP contribution in [0.3, 0.4) is 0 Å². The molecule has 4 heteroatoms. The molecule has 1 aliphatic rings. The summed E-state index contributed by atoms with van der Waals surface area (Å²) >= 11 is 0. The lowest BCUT2D eigenvalue weighted by molar-refractivity contribution is 0.0498. The fraction of sp³-hybridized carbons (Fsp3) is 0.486. The molecule has 5 atom stereocenters. The van der Waals surface area contributed by atoms with E-state index in [1.54, 1.807) is 42.5 Å². The number of benzene rings is 15. The van der Waals surface area contributed by atoms with Gasteiger partial charge in [0.15, 0.2) is 11.6 Å². The van der Waals surface area contributed by atoms with Crippen molar-refractivity contribution in [3.63, 3.8) is 0 Å². The van der Waals surface area contributed by atoms with Crippen molar-refractivity contribution >= 4 is 147 Å². The largest absolute Gasteiger partial charge is 0.462 e. The lowest BCUT2D eigenvalue weighted by Crippen LogP contribution is -2.21. The fourth-order valence-corrected chi connectivity index (χ4v) is 21.6. The minimum atomic E-state index is -0.475. The maximum atomic E-state index is 14.1. The molecular weight excluding hydrogens is 1400 g/mol. The molecule has 0 aromatic heterocycles. The van der Waals surface area contributed by atoms with Crippen LogP contribution >= 0.6 is 0 Å². The molecule has 0 saturated carbocycles. The standard InChI is InChI=1S/C111H132O4/c1-64(2)25-20-30-69(11)38-43-75-53-86-84-51-74(35-18-19-50-115-111(114)80-48-49-83-96(63-80)110(113)82-37-17-16-36-81(82)109(83)112)52-85-87-54-76(44-39-70(12)31-21-26-65(3)4)56-89-91-58-78(46-41-72(14)33-23-28-67(7)8)60-93-95-62-79(47-42-73(15)34-24-29-68(9)10)61-94-92-59-77(45-40-71(13)32-22-27-66(5)6)57-90-88(55-75)98(86)104-103(97(84)85)105(99(87)89)107(101(91)93)108(102(94)95)106(104)100(90)92/h16-17,36-37,48-49,51-73H,18-35,38-47,50H2,1-15H3. The molecule has 0 fully saturated rings. The first-order valence-corrected chi connectivity index (χ1v) is 46.3. The van der Waals surface area contributed by atoms with Crippen molar-refractivity contribution < 1.29 is 19.1 Å². The van der Waals surface area contributed by atoms with E-state index in [0.29, 0.717) is 64.5 Å². The molecule has 0 heterocycles. The highest BCUT2D eigenvalue weighted by Gasteiger charge is 2.35. The molecule has 600 valence electrons. The molecule has 16 rings (SSSR count). The molecule has 0 bridgehead atoms. The van der Waals surface area contributed by atoms with Gasteiger partial charge in [-0.1, -0.05) is 297 Å². The minimum Gasteiger partial charge on any atom is -0.462 e. The van der Waals surface area contributed by atoms with Gasteiger partial charge in [0.05, 0.1) is 12.2 Å². The number of ether oxygens (including phenoxy) is 1. The third-order valence-electron chi connectivity index (χ3n) is 28.2. The van der Waals surface area contributed by atoms with Gasteiger partial charge in [0.2, 0.25) is 0 Å². The number of aryl methyl sites for hydroxylation is 6. The van der Waals surface area contributed by atoms with Gasteiger partial charge in [-0.3, -0.25) is 9.59 Å². The van der Waals surface area contributed by atoms with Gasteiger partial charge in [0.25, 0.3) is 0 Å². The number of hydrogen-bond donors (Lipinski definition) is 0. The molecule has 0 aliphatic heterocycles. The van der Waals surface area contributed by atoms with Crippen molar-refractivity contribution in [2.24, 2.45) is 59.2 Å². The van der Waals surface area contributed by atoms with Crippen LogP contribution in [0.15, 0.2) is 115 Å². The number of carbonyl (C=O) groups is 3. The second-order valence-electron chi connectivity index (χ2n) is 40.0. The highest BCUT2D eigenvalue weighted by molar-refractivity contribution is 6.61. The van der Waals surface area contributed by atoms with E-state index in [9.17, 15) is 14.4 Å². The average molecular weight is 1530 g/mol. The molecule has 0 amide bonds. The summed E-state index contributed by atoms with van der Waals surface area (Å²) in [5.74, 6) is 5.87. The maximum Gasteiger partial charge on any atom is 0.338 e. The van der Waals surface area contributed by atoms with E-state index in [1.165, 1.54) is 278 Å². The first-order chi connectivity index (χ1) is 55.5. The quantitative estimate of drug-likeness (QED) is 0.0166. The number of carbonyl (C=O) groups excluding carboxylic acids is 3. The Morgan fingerprint density at radius 2 is 0.478 bits per heavy atom. The van der Waals surface area contributed by atoms with E-state index in [4.69, 9.17) is 4.74 Å². The Kier molecular flexibility index (Phi) is 23.8. The summed E-state index contributed by atoms with van der Waals surface area (Å²) < 4.78 is 6.12. The summed E-state index contributed by atoms with van der Waals surface area (Å²) in [6.07, 6.45) is 32.8. The lowest BCUT2D eigenvalue weighted by atomic mass is 9.72. The number of unbranched alkanes of at least 4 members (excludes halogenated alkanes) is 1. The van der Waals surface area contributed by atoms with Crippen LogP contribution < -0.4 is 0 Å². The summed E-state index contributed by atoms with van der Waals surface area (Å²) in [7, 11) is 0. The van der Waals surface area contributed by atoms with E-state index in [2.05, 4.69) is 177 Å². The third kappa shape index (κ3) is 16.0. The molecule has 0 spiro atoms. The average Bonchev–Trinajstić information content (AvgIpc) is 0.642. The zero-order valence-electron chi connectivity index (χ0n) is 72.9. The topological polar surface area (TPSA) is 60.4 Å². The smallest absolute Gasteiger partial charge is 0.338 e. The van der Waals surface area contributed by atoms with Gasteiger partial charge in [-0.25, -0.2) is 4.79 Å². The summed E-state index contributed by atoms with van der Waals surface area (Å²) in [6, 6.07) is 44.4. The van der Waals surface area contributed by atoms with E-state index in [1.807, 2.05) is 0 Å². The predicted molar refractivity (Wildman–Crippen MR) is 497 cm³/mol. The first-order valence-electron chi connectivity index (χ1n) is 46.3. The normalized spacial score (nSPS) is 14.6. The highest BCUT2D eigenvalue weighted by Crippen LogP contribution is 2.61. The third-order valence-corrected chi connectivity index (χ3v) is 28.2. The van der Waals surface area contributed by atoms with E-state index in [-0.39, 0.29) is 29.3 Å². The van der Waals surface area contributed by atoms with Crippen LogP contribution in [0.5, 0.6) is 0 Å². The molecule has 115 heavy (non-hydrogen) atoms. The molecule has 0 saturated heterocycles. The second-order valence-corrected chi connectivity index (χ2v) is 40.0. The van der Waals surface area contributed by atoms with Crippen LogP contribution in [0.2, 0.25) is 0 Å². The summed E-state index contributed by atoms with van der Waals surface area (Å²) in [5, 5.41) is 35.0. The zero-order valence-corrected chi connectivity index (χ0v) is 72.9. The van der Waals surface area contributed by atoms with Crippen molar-refractivity contribution in [3.8, 4) is 0 Å². The second kappa shape index (κ2) is 34.0. The zero-order chi connectivity index (χ0) is 80.4. The molecular formula is C111H132O4. The highest BCUT2D eigenvalue weighted by atomic mass is 16.5. The number of rotatable bonds is 41. The van der Waals surface area contributed by atoms with Crippen LogP contribution in [0.1, 0.15) is 321 Å². The van der Waals surface area contributed by atoms with Gasteiger partial charge in [-0.05, 0) is 323 Å². The van der Waals surface area contributed by atoms with Gasteiger partial charge in [0.1, 0.15) is 0 Å². The Bertz CT molecular complexity index is 5700. The Labute approximate surface area is 687 Å². The SMILES string of the molecule is CC(C)CCCC(C)CCc1cc2c3cc(CCCCOC(=O)c4ccc5c(c4)C(=O)c4ccccc4C5=O)cc4c5cc(CCC(C)CCCC(C)C)cc6c7cc(CCC(C)CCCC(C)C)cc8c9cc(CCC(C)CCCC(C)C)cc%10c%11cc(CCC(C)CCCC(C)C)cc%12c(c1)c2c1c(c34)c(c56)c(c78)c(c%109)c1c%12%11. The van der Waals surface area contributed by atoms with Crippen LogP contribution in [0, 0.1) is 59.2 Å². The number of esters is 1. The van der Waals surface area contributed by atoms with Gasteiger partial charge >= 0.3 is 5.97 Å². The molecule has 0 N–H and O–H groups in total. The summed E-state index contributed by atoms with van der Waals surface area (Å²) in [6.45, 7) is 36.7. The lowest BCUT2D eigenvalue weighted by Gasteiger charge is -2.30. The summed E-state index contributed by atoms with van der Waals surface area (Å²) in [5.41, 5.74) is 10.4. The molecule has 0 radical (unpaired) electrons. The fourth-order valence-electron chi connectivity index (χ4n) is 21.6. The number of fused-ring (bicyclic) bond motifs is 8. The molecule has 5 unspecified atom stereocenters. The Morgan fingerprint density at radius 3 is 0.730 bits per heavy atom. The van der Waals surface area contributed by atoms with Gasteiger partial charge in [-0.2, -0.15) is 0 Å². The van der Waals surface area contributed by atoms with Crippen LogP contribution in [-0.4, -0.2) is 24.1 Å². The number of ketones is 2. The molecule has 15 aromatic rings. The van der Waals surface area contributed by atoms with Gasteiger partial charge in [-0.15, -0.1) is 0 Å². The monoisotopic (exact) mass is 1530 g/mol. The number of hydrogen-bond acceptors (Lipinski definition) is 4. The van der Waals surface area contributed by atoms with Gasteiger partial charge in [0, 0.05) is 22.3 Å². The molecule has 1 aliphatic carbocycles. The molecule has 4 nitrogen and oxygen atoms in total. The van der Waals surface area contributed by atoms with E-state index >= 15 is 0 Å². The van der Waals surface area contributed by atoms with Crippen molar-refractivity contribution in [1.82, 2.24) is 0 Å². The van der Waals surface area contributed by atoms with Gasteiger partial charge < -0.3 is 4.74 Å². The van der Waals surface area contributed by atoms with Crippen molar-refractivity contribution in [1.29, 1.82) is 0 Å². The van der Waals surface area contributed by atoms with E-state index < -0.39 is 5.97 Å². The minimum absolute atomic E-state index is 0.196. The van der Waals surface area contributed by atoms with Crippen molar-refractivity contribution in [2.45, 2.75) is 284 Å². The maximum absolute atomic E-state index is 14.1. The van der Waals surface area contributed by atoms with Crippen LogP contribution in [-0.2, 0) is 43.3 Å². The predicted octanol–water partition coefficient (Wildman–Crippen LogP) is 32.1. The van der Waals surface area contributed by atoms with Crippen molar-refractivity contribution in [3.05, 3.63) is 176 Å². The summed E-state index contributed by atoms with van der Waals surface area (Å²) in [4.78, 5) is 41.5. The Morgan fingerprint density at radius 1 is 0.243 bits per heavy atom. The van der Waals surface area contributed by atoms with Crippen LogP contribution in [0.25, 0.3) is 129 Å². The van der Waals surface area contributed by atoms with Crippen molar-refractivity contribution in [2.75, 3.05) is 6.61 Å². The first kappa shape index (κ1) is 80.6. The Balaban J connectivity index is 0.938. The van der Waals surface area contributed by atoms with Crippen LogP contribution in [0.4, 0.5) is 0 Å². The Hall–Kier alpha value is -8.21. The molecule has 15 aromatic carbocycles. The van der Waals surface area contributed by atoms with E-state index in [0.717, 1.165) is 75.5 Å².